The van der Waals surface area contributed by atoms with Crippen molar-refractivity contribution < 1.29 is 18.3 Å². The number of halogens is 1. The summed E-state index contributed by atoms with van der Waals surface area (Å²) < 4.78 is 22.8. The fourth-order valence-electron chi connectivity index (χ4n) is 0.758. The number of ether oxygens (including phenoxy) is 1. The second-order valence-electron chi connectivity index (χ2n) is 5.42. The van der Waals surface area contributed by atoms with Gasteiger partial charge in [-0.3, -0.25) is 0 Å². The Labute approximate surface area is 103 Å². The lowest BCUT2D eigenvalue weighted by Gasteiger charge is -2.36. The lowest BCUT2D eigenvalue weighted by molar-refractivity contribution is 0.162. The van der Waals surface area contributed by atoms with Crippen LogP contribution in [0.15, 0.2) is 11.9 Å². The molecule has 6 heteroatoms. The molecule has 0 heterocycles. The molecule has 100 valence electrons. The summed E-state index contributed by atoms with van der Waals surface area (Å²) in [5.41, 5.74) is 5.08. The largest absolute Gasteiger partial charge is 0.445 e. The normalized spacial score (nSPS) is 13.6. The van der Waals surface area contributed by atoms with Crippen LogP contribution in [0.25, 0.3) is 0 Å². The fraction of sp³-hybridized carbons (Fsp3) is 0.727. The van der Waals surface area contributed by atoms with Crippen LogP contribution in [0.3, 0.4) is 0 Å². The van der Waals surface area contributed by atoms with Gasteiger partial charge in [-0.15, -0.1) is 0 Å². The lowest BCUT2D eigenvalue weighted by Crippen LogP contribution is -2.41. The summed E-state index contributed by atoms with van der Waals surface area (Å²) in [6, 6.07) is 0. The summed E-state index contributed by atoms with van der Waals surface area (Å²) in [5.74, 6) is 0. The van der Waals surface area contributed by atoms with Crippen LogP contribution in [0.2, 0.25) is 18.1 Å². The predicted octanol–water partition coefficient (Wildman–Crippen LogP) is 2.96. The summed E-state index contributed by atoms with van der Waals surface area (Å²) in [5, 5.41) is 0.0545. The molecule has 1 amide bonds. The van der Waals surface area contributed by atoms with E-state index in [4.69, 9.17) is 10.2 Å². The van der Waals surface area contributed by atoms with E-state index in [9.17, 15) is 9.18 Å². The van der Waals surface area contributed by atoms with Crippen LogP contribution in [0.5, 0.6) is 0 Å². The van der Waals surface area contributed by atoms with Gasteiger partial charge in [-0.2, -0.15) is 0 Å². The van der Waals surface area contributed by atoms with E-state index in [1.165, 1.54) is 0 Å². The highest BCUT2D eigenvalue weighted by atomic mass is 28.4. The zero-order chi connectivity index (χ0) is 13.7. The highest BCUT2D eigenvalue weighted by Gasteiger charge is 2.37. The third kappa shape index (κ3) is 5.83. The number of rotatable bonds is 5. The van der Waals surface area contributed by atoms with Crippen LogP contribution in [0.4, 0.5) is 9.18 Å². The van der Waals surface area contributed by atoms with Crippen LogP contribution in [0.1, 0.15) is 20.8 Å². The first-order valence-electron chi connectivity index (χ1n) is 5.44. The SMILES string of the molecule is CC(C)(C)[Si](C)(C)OCC(=CF)COC(N)=O. The minimum atomic E-state index is -1.92. The molecule has 0 aromatic heterocycles. The third-order valence-corrected chi connectivity index (χ3v) is 7.46. The van der Waals surface area contributed by atoms with Gasteiger partial charge in [0.25, 0.3) is 0 Å². The molecule has 0 aromatic rings. The average Bonchev–Trinajstić information content (AvgIpc) is 2.15. The van der Waals surface area contributed by atoms with E-state index >= 15 is 0 Å². The van der Waals surface area contributed by atoms with Crippen molar-refractivity contribution in [3.8, 4) is 0 Å². The molecular weight excluding hydrogens is 241 g/mol. The smallest absolute Gasteiger partial charge is 0.404 e. The van der Waals surface area contributed by atoms with E-state index in [-0.39, 0.29) is 23.8 Å². The van der Waals surface area contributed by atoms with Crippen molar-refractivity contribution in [1.82, 2.24) is 0 Å². The maximum atomic E-state index is 12.5. The molecule has 0 saturated carbocycles. The van der Waals surface area contributed by atoms with Gasteiger partial charge in [-0.25, -0.2) is 9.18 Å². The number of carbonyl (C=O) groups excluding carboxylic acids is 1. The van der Waals surface area contributed by atoms with Crippen molar-refractivity contribution >= 4 is 14.4 Å². The molecule has 2 N–H and O–H groups in total. The molecule has 0 saturated heterocycles. The molecular formula is C11H22FNO3Si. The maximum absolute atomic E-state index is 12.5. The molecule has 0 rings (SSSR count). The van der Waals surface area contributed by atoms with Gasteiger partial charge >= 0.3 is 6.09 Å². The van der Waals surface area contributed by atoms with Crippen molar-refractivity contribution in [3.05, 3.63) is 11.9 Å². The molecule has 4 nitrogen and oxygen atoms in total. The summed E-state index contributed by atoms with van der Waals surface area (Å²) in [4.78, 5) is 10.4. The molecule has 0 atom stereocenters. The molecule has 0 radical (unpaired) electrons. The van der Waals surface area contributed by atoms with Crippen LogP contribution >= 0.6 is 0 Å². The Morgan fingerprint density at radius 3 is 2.24 bits per heavy atom. The Hall–Kier alpha value is -0.883. The standard InChI is InChI=1S/C11H22FNO3Si/c1-11(2,3)17(4,5)16-8-9(6-12)7-15-10(13)14/h6H,7-8H2,1-5H3,(H2,13,14). The summed E-state index contributed by atoms with van der Waals surface area (Å²) in [6.45, 7) is 10.4. The van der Waals surface area contributed by atoms with Gasteiger partial charge in [0.2, 0.25) is 0 Å². The first kappa shape index (κ1) is 16.1. The number of hydrogen-bond donors (Lipinski definition) is 1. The van der Waals surface area contributed by atoms with Crippen LogP contribution in [-0.4, -0.2) is 27.6 Å². The number of nitrogens with two attached hydrogens (primary N) is 1. The summed E-state index contributed by atoms with van der Waals surface area (Å²) >= 11 is 0. The molecule has 0 aliphatic carbocycles. The topological polar surface area (TPSA) is 61.6 Å². The Morgan fingerprint density at radius 2 is 1.88 bits per heavy atom. The Kier molecular flexibility index (Phi) is 5.84. The van der Waals surface area contributed by atoms with Crippen LogP contribution in [-0.2, 0) is 9.16 Å². The van der Waals surface area contributed by atoms with Crippen molar-refractivity contribution in [1.29, 1.82) is 0 Å². The predicted molar refractivity (Wildman–Crippen MR) is 67.9 cm³/mol. The lowest BCUT2D eigenvalue weighted by atomic mass is 10.2. The van der Waals surface area contributed by atoms with Crippen LogP contribution < -0.4 is 5.73 Å². The summed E-state index contributed by atoms with van der Waals surface area (Å²) in [7, 11) is -1.92. The molecule has 0 spiro atoms. The minimum absolute atomic E-state index is 0.0545. The van der Waals surface area contributed by atoms with Gasteiger partial charge in [-0.1, -0.05) is 20.8 Å². The van der Waals surface area contributed by atoms with E-state index in [1.54, 1.807) is 0 Å². The molecule has 0 aliphatic rings. The first-order chi connectivity index (χ1) is 7.60. The van der Waals surface area contributed by atoms with Crippen molar-refractivity contribution in [2.45, 2.75) is 38.9 Å². The monoisotopic (exact) mass is 263 g/mol. The molecule has 0 aliphatic heterocycles. The van der Waals surface area contributed by atoms with Gasteiger partial charge < -0.3 is 14.9 Å². The van der Waals surface area contributed by atoms with E-state index in [0.29, 0.717) is 6.33 Å². The minimum Gasteiger partial charge on any atom is -0.445 e. The molecule has 17 heavy (non-hydrogen) atoms. The highest BCUT2D eigenvalue weighted by Crippen LogP contribution is 2.36. The van der Waals surface area contributed by atoms with Crippen LogP contribution in [0, 0.1) is 0 Å². The molecule has 0 fully saturated rings. The van der Waals surface area contributed by atoms with E-state index < -0.39 is 14.4 Å². The maximum Gasteiger partial charge on any atom is 0.404 e. The Balaban J connectivity index is 4.30. The Bertz CT molecular complexity index is 298. The second kappa shape index (κ2) is 6.16. The average molecular weight is 263 g/mol. The van der Waals surface area contributed by atoms with Gasteiger partial charge in [0, 0.05) is 5.57 Å². The zero-order valence-corrected chi connectivity index (χ0v) is 12.2. The number of amides is 1. The van der Waals surface area contributed by atoms with E-state index in [1.807, 2.05) is 0 Å². The van der Waals surface area contributed by atoms with E-state index in [0.717, 1.165) is 0 Å². The number of primary amides is 1. The third-order valence-electron chi connectivity index (χ3n) is 2.98. The van der Waals surface area contributed by atoms with Gasteiger partial charge in [-0.05, 0) is 18.1 Å². The fourth-order valence-corrected chi connectivity index (χ4v) is 1.74. The van der Waals surface area contributed by atoms with Gasteiger partial charge in [0.15, 0.2) is 8.32 Å². The number of carbonyl (C=O) groups is 1. The molecule has 0 bridgehead atoms. The van der Waals surface area contributed by atoms with E-state index in [2.05, 4.69) is 38.6 Å². The quantitative estimate of drug-likeness (QED) is 0.776. The Morgan fingerprint density at radius 1 is 1.35 bits per heavy atom. The molecule has 0 aromatic carbocycles. The van der Waals surface area contributed by atoms with Gasteiger partial charge in [0.1, 0.15) is 6.61 Å². The highest BCUT2D eigenvalue weighted by molar-refractivity contribution is 6.74. The van der Waals surface area contributed by atoms with Gasteiger partial charge in [0.05, 0.1) is 12.9 Å². The first-order valence-corrected chi connectivity index (χ1v) is 8.35. The summed E-state index contributed by atoms with van der Waals surface area (Å²) in [6.07, 6.45) is -0.521. The number of hydrogen-bond acceptors (Lipinski definition) is 3. The van der Waals surface area contributed by atoms with Crippen molar-refractivity contribution in [3.63, 3.8) is 0 Å². The second-order valence-corrected chi connectivity index (χ2v) is 10.2. The van der Waals surface area contributed by atoms with Crippen molar-refractivity contribution in [2.75, 3.05) is 13.2 Å². The molecule has 0 unspecified atom stereocenters. The van der Waals surface area contributed by atoms with Crippen molar-refractivity contribution in [2.24, 2.45) is 5.73 Å². The zero-order valence-electron chi connectivity index (χ0n) is 11.2.